The Morgan fingerprint density at radius 1 is 1.07 bits per heavy atom. The SMILES string of the molecule is O=C(COc1cccc(F)c1)NCC1(c2ccc3c(c2)OCCO3)CCCC1. The summed E-state index contributed by atoms with van der Waals surface area (Å²) in [6.07, 6.45) is 4.28. The van der Waals surface area contributed by atoms with Crippen molar-refractivity contribution in [3.8, 4) is 17.2 Å². The molecule has 1 heterocycles. The Bertz CT molecular complexity index is 848. The minimum Gasteiger partial charge on any atom is -0.486 e. The first-order valence-corrected chi connectivity index (χ1v) is 9.70. The van der Waals surface area contributed by atoms with Gasteiger partial charge in [-0.1, -0.05) is 25.0 Å². The minimum absolute atomic E-state index is 0.107. The van der Waals surface area contributed by atoms with Crippen LogP contribution in [0.2, 0.25) is 0 Å². The summed E-state index contributed by atoms with van der Waals surface area (Å²) in [4.78, 5) is 12.3. The molecule has 1 aliphatic heterocycles. The minimum atomic E-state index is -0.388. The number of amides is 1. The van der Waals surface area contributed by atoms with Gasteiger partial charge in [0.15, 0.2) is 18.1 Å². The zero-order valence-electron chi connectivity index (χ0n) is 15.7. The van der Waals surface area contributed by atoms with Crippen LogP contribution in [0.3, 0.4) is 0 Å². The Balaban J connectivity index is 1.40. The van der Waals surface area contributed by atoms with E-state index in [0.717, 1.165) is 37.2 Å². The van der Waals surface area contributed by atoms with Crippen molar-refractivity contribution in [2.24, 2.45) is 0 Å². The molecule has 5 nitrogen and oxygen atoms in total. The quantitative estimate of drug-likeness (QED) is 0.826. The summed E-state index contributed by atoms with van der Waals surface area (Å²) >= 11 is 0. The van der Waals surface area contributed by atoms with Gasteiger partial charge in [0.05, 0.1) is 0 Å². The zero-order chi connectivity index (χ0) is 19.4. The lowest BCUT2D eigenvalue weighted by molar-refractivity contribution is -0.123. The van der Waals surface area contributed by atoms with E-state index in [1.807, 2.05) is 6.07 Å². The van der Waals surface area contributed by atoms with Gasteiger partial charge in [0.1, 0.15) is 24.8 Å². The number of hydrogen-bond acceptors (Lipinski definition) is 4. The summed E-state index contributed by atoms with van der Waals surface area (Å²) in [5.74, 6) is 1.29. The number of halogens is 1. The van der Waals surface area contributed by atoms with Gasteiger partial charge in [0.25, 0.3) is 5.91 Å². The predicted molar refractivity (Wildman–Crippen MR) is 102 cm³/mol. The standard InChI is InChI=1S/C22H24FNO4/c23-17-4-3-5-18(13-17)28-14-21(25)24-15-22(8-1-2-9-22)16-6-7-19-20(12-16)27-11-10-26-19/h3-7,12-13H,1-2,8-11,14-15H2,(H,24,25). The van der Waals surface area contributed by atoms with Gasteiger partial charge in [-0.2, -0.15) is 0 Å². The largest absolute Gasteiger partial charge is 0.486 e. The number of nitrogens with one attached hydrogen (secondary N) is 1. The lowest BCUT2D eigenvalue weighted by atomic mass is 9.78. The molecule has 4 rings (SSSR count). The number of fused-ring (bicyclic) bond motifs is 1. The molecule has 2 aromatic carbocycles. The third-order valence-electron chi connectivity index (χ3n) is 5.51. The fourth-order valence-corrected chi connectivity index (χ4v) is 4.02. The van der Waals surface area contributed by atoms with Crippen LogP contribution in [-0.2, 0) is 10.2 Å². The first kappa shape index (κ1) is 18.6. The molecule has 0 unspecified atom stereocenters. The van der Waals surface area contributed by atoms with E-state index >= 15 is 0 Å². The van der Waals surface area contributed by atoms with Crippen molar-refractivity contribution in [3.63, 3.8) is 0 Å². The molecule has 1 fully saturated rings. The van der Waals surface area contributed by atoms with Crippen LogP contribution in [0.25, 0.3) is 0 Å². The maximum absolute atomic E-state index is 13.2. The highest BCUT2D eigenvalue weighted by molar-refractivity contribution is 5.77. The van der Waals surface area contributed by atoms with Crippen LogP contribution in [0, 0.1) is 5.82 Å². The molecule has 1 saturated carbocycles. The fraction of sp³-hybridized carbons (Fsp3) is 0.409. The molecular formula is C22H24FNO4. The first-order valence-electron chi connectivity index (χ1n) is 9.70. The topological polar surface area (TPSA) is 56.8 Å². The van der Waals surface area contributed by atoms with Gasteiger partial charge in [0, 0.05) is 18.0 Å². The van der Waals surface area contributed by atoms with E-state index in [2.05, 4.69) is 17.4 Å². The molecule has 0 radical (unpaired) electrons. The molecule has 6 heteroatoms. The van der Waals surface area contributed by atoms with E-state index < -0.39 is 0 Å². The van der Waals surface area contributed by atoms with E-state index in [-0.39, 0.29) is 23.7 Å². The molecular weight excluding hydrogens is 361 g/mol. The van der Waals surface area contributed by atoms with E-state index in [1.54, 1.807) is 12.1 Å². The van der Waals surface area contributed by atoms with Gasteiger partial charge in [0.2, 0.25) is 0 Å². The molecule has 0 saturated heterocycles. The van der Waals surface area contributed by atoms with Crippen molar-refractivity contribution in [2.45, 2.75) is 31.1 Å². The van der Waals surface area contributed by atoms with Crippen LogP contribution in [0.5, 0.6) is 17.2 Å². The van der Waals surface area contributed by atoms with Crippen LogP contribution >= 0.6 is 0 Å². The molecule has 1 N–H and O–H groups in total. The third-order valence-corrected chi connectivity index (χ3v) is 5.51. The Kier molecular flexibility index (Phi) is 5.37. The lowest BCUT2D eigenvalue weighted by Gasteiger charge is -2.31. The predicted octanol–water partition coefficient (Wildman–Crippen LogP) is 3.60. The van der Waals surface area contributed by atoms with Crippen molar-refractivity contribution in [3.05, 3.63) is 53.8 Å². The number of carbonyl (C=O) groups is 1. The molecule has 0 spiro atoms. The number of hydrogen-bond donors (Lipinski definition) is 1. The second-order valence-corrected chi connectivity index (χ2v) is 7.37. The summed E-state index contributed by atoms with van der Waals surface area (Å²) < 4.78 is 29.9. The van der Waals surface area contributed by atoms with Gasteiger partial charge in [-0.15, -0.1) is 0 Å². The average Bonchev–Trinajstić information content (AvgIpc) is 3.21. The highest BCUT2D eigenvalue weighted by atomic mass is 19.1. The number of rotatable bonds is 6. The monoisotopic (exact) mass is 385 g/mol. The smallest absolute Gasteiger partial charge is 0.257 e. The summed E-state index contributed by atoms with van der Waals surface area (Å²) in [6.45, 7) is 1.52. The maximum Gasteiger partial charge on any atom is 0.257 e. The molecule has 0 aromatic heterocycles. The van der Waals surface area contributed by atoms with Gasteiger partial charge in [-0.25, -0.2) is 4.39 Å². The Morgan fingerprint density at radius 2 is 1.86 bits per heavy atom. The summed E-state index contributed by atoms with van der Waals surface area (Å²) in [7, 11) is 0. The lowest BCUT2D eigenvalue weighted by Crippen LogP contribution is -2.41. The Morgan fingerprint density at radius 3 is 2.64 bits per heavy atom. The summed E-state index contributed by atoms with van der Waals surface area (Å²) in [5, 5.41) is 3.00. The first-order chi connectivity index (χ1) is 13.6. The van der Waals surface area contributed by atoms with Gasteiger partial charge < -0.3 is 19.5 Å². The molecule has 28 heavy (non-hydrogen) atoms. The molecule has 0 bridgehead atoms. The van der Waals surface area contributed by atoms with E-state index in [1.165, 1.54) is 17.7 Å². The van der Waals surface area contributed by atoms with Crippen molar-refractivity contribution in [1.29, 1.82) is 0 Å². The molecule has 148 valence electrons. The number of carbonyl (C=O) groups excluding carboxylic acids is 1. The van der Waals surface area contributed by atoms with Gasteiger partial charge >= 0.3 is 0 Å². The van der Waals surface area contributed by atoms with Crippen LogP contribution < -0.4 is 19.5 Å². The maximum atomic E-state index is 13.2. The molecule has 2 aromatic rings. The van der Waals surface area contributed by atoms with Crippen molar-refractivity contribution >= 4 is 5.91 Å². The van der Waals surface area contributed by atoms with Gasteiger partial charge in [-0.3, -0.25) is 4.79 Å². The van der Waals surface area contributed by atoms with Crippen molar-refractivity contribution < 1.29 is 23.4 Å². The molecule has 1 aliphatic carbocycles. The fourth-order valence-electron chi connectivity index (χ4n) is 4.02. The van der Waals surface area contributed by atoms with E-state index in [4.69, 9.17) is 14.2 Å². The summed E-state index contributed by atoms with van der Waals surface area (Å²) in [5.41, 5.74) is 1.06. The highest BCUT2D eigenvalue weighted by Gasteiger charge is 2.36. The molecule has 2 aliphatic rings. The summed E-state index contributed by atoms with van der Waals surface area (Å²) in [6, 6.07) is 11.9. The normalized spacial score (nSPS) is 17.2. The third kappa shape index (κ3) is 4.06. The number of ether oxygens (including phenoxy) is 3. The molecule has 1 amide bonds. The van der Waals surface area contributed by atoms with Crippen LogP contribution in [0.1, 0.15) is 31.2 Å². The van der Waals surface area contributed by atoms with Crippen LogP contribution in [0.4, 0.5) is 4.39 Å². The Labute approximate surface area is 163 Å². The van der Waals surface area contributed by atoms with Crippen LogP contribution in [0.15, 0.2) is 42.5 Å². The second-order valence-electron chi connectivity index (χ2n) is 7.37. The van der Waals surface area contributed by atoms with E-state index in [9.17, 15) is 9.18 Å². The van der Waals surface area contributed by atoms with Crippen LogP contribution in [-0.4, -0.2) is 32.3 Å². The highest BCUT2D eigenvalue weighted by Crippen LogP contribution is 2.43. The Hall–Kier alpha value is -2.76. The average molecular weight is 385 g/mol. The van der Waals surface area contributed by atoms with E-state index in [0.29, 0.717) is 25.5 Å². The molecule has 0 atom stereocenters. The second kappa shape index (κ2) is 8.09. The van der Waals surface area contributed by atoms with Crippen molar-refractivity contribution in [2.75, 3.05) is 26.4 Å². The van der Waals surface area contributed by atoms with Crippen molar-refractivity contribution in [1.82, 2.24) is 5.32 Å². The number of benzene rings is 2. The van der Waals surface area contributed by atoms with Gasteiger partial charge in [-0.05, 0) is 42.7 Å². The zero-order valence-corrected chi connectivity index (χ0v) is 15.7.